The number of hydrogen-bond donors (Lipinski definition) is 1. The molecule has 4 nitrogen and oxygen atoms in total. The number of nitrogens with one attached hydrogen (secondary N) is 1. The van der Waals surface area contributed by atoms with Crippen LogP contribution in [0.1, 0.15) is 26.2 Å². The Labute approximate surface area is 118 Å². The Kier molecular flexibility index (Phi) is 6.57. The number of ether oxygens (including phenoxy) is 1. The Hall–Kier alpha value is -0.160. The fourth-order valence-corrected chi connectivity index (χ4v) is 3.19. The Morgan fingerprint density at radius 3 is 2.84 bits per heavy atom. The van der Waals surface area contributed by atoms with Crippen molar-refractivity contribution in [2.45, 2.75) is 32.3 Å². The van der Waals surface area contributed by atoms with E-state index in [-0.39, 0.29) is 0 Å². The van der Waals surface area contributed by atoms with E-state index in [1.54, 1.807) is 0 Å². The number of rotatable bonds is 6. The van der Waals surface area contributed by atoms with Crippen molar-refractivity contribution in [2.75, 3.05) is 59.5 Å². The second kappa shape index (κ2) is 8.20. The van der Waals surface area contributed by atoms with Crippen molar-refractivity contribution in [1.29, 1.82) is 0 Å². The molecule has 2 fully saturated rings. The van der Waals surface area contributed by atoms with E-state index < -0.39 is 0 Å². The van der Waals surface area contributed by atoms with Gasteiger partial charge < -0.3 is 15.0 Å². The normalized spacial score (nSPS) is 27.0. The summed E-state index contributed by atoms with van der Waals surface area (Å²) in [6.45, 7) is 11.2. The average molecular weight is 269 g/mol. The van der Waals surface area contributed by atoms with E-state index in [1.807, 2.05) is 0 Å². The Bertz CT molecular complexity index is 244. The molecule has 0 aromatic heterocycles. The molecule has 112 valence electrons. The van der Waals surface area contributed by atoms with Gasteiger partial charge in [-0.2, -0.15) is 0 Å². The summed E-state index contributed by atoms with van der Waals surface area (Å²) < 4.78 is 5.88. The monoisotopic (exact) mass is 269 g/mol. The highest BCUT2D eigenvalue weighted by Crippen LogP contribution is 2.16. The van der Waals surface area contributed by atoms with Crippen LogP contribution in [0.15, 0.2) is 0 Å². The molecule has 1 atom stereocenters. The molecular formula is C15H31N3O. The number of nitrogens with zero attached hydrogens (tertiary/aromatic N) is 2. The summed E-state index contributed by atoms with van der Waals surface area (Å²) in [5.41, 5.74) is 0. The number of morpholine rings is 1. The van der Waals surface area contributed by atoms with Crippen LogP contribution in [0.4, 0.5) is 0 Å². The van der Waals surface area contributed by atoms with Gasteiger partial charge in [0, 0.05) is 19.6 Å². The lowest BCUT2D eigenvalue weighted by Crippen LogP contribution is -2.47. The van der Waals surface area contributed by atoms with Crippen LogP contribution in [0.3, 0.4) is 0 Å². The van der Waals surface area contributed by atoms with Crippen molar-refractivity contribution in [1.82, 2.24) is 15.1 Å². The number of likely N-dealkylation sites (N-methyl/N-ethyl adjacent to an activating group) is 2. The van der Waals surface area contributed by atoms with Crippen molar-refractivity contribution in [2.24, 2.45) is 5.92 Å². The molecule has 0 aromatic rings. The van der Waals surface area contributed by atoms with E-state index in [4.69, 9.17) is 4.74 Å². The van der Waals surface area contributed by atoms with Crippen molar-refractivity contribution < 1.29 is 4.74 Å². The molecule has 0 spiro atoms. The van der Waals surface area contributed by atoms with Gasteiger partial charge in [0.25, 0.3) is 0 Å². The number of piperidine rings is 1. The highest BCUT2D eigenvalue weighted by Gasteiger charge is 2.21. The molecule has 2 heterocycles. The van der Waals surface area contributed by atoms with Gasteiger partial charge in [-0.15, -0.1) is 0 Å². The van der Waals surface area contributed by atoms with Crippen molar-refractivity contribution in [3.8, 4) is 0 Å². The first kappa shape index (κ1) is 15.2. The van der Waals surface area contributed by atoms with Crippen LogP contribution in [0.5, 0.6) is 0 Å². The average Bonchev–Trinajstić information content (AvgIpc) is 2.46. The van der Waals surface area contributed by atoms with Gasteiger partial charge in [-0.25, -0.2) is 0 Å². The van der Waals surface area contributed by atoms with Crippen LogP contribution in [0.25, 0.3) is 0 Å². The maximum absolute atomic E-state index is 5.88. The lowest BCUT2D eigenvalue weighted by molar-refractivity contribution is -0.0393. The molecule has 1 N–H and O–H groups in total. The Morgan fingerprint density at radius 2 is 2.11 bits per heavy atom. The Morgan fingerprint density at radius 1 is 1.32 bits per heavy atom. The molecule has 2 aliphatic rings. The molecule has 2 saturated heterocycles. The summed E-state index contributed by atoms with van der Waals surface area (Å²) in [4.78, 5) is 4.96. The second-order valence-corrected chi connectivity index (χ2v) is 6.13. The predicted octanol–water partition coefficient (Wildman–Crippen LogP) is 1.03. The highest BCUT2D eigenvalue weighted by atomic mass is 16.5. The fraction of sp³-hybridized carbons (Fsp3) is 1.00. The summed E-state index contributed by atoms with van der Waals surface area (Å²) in [5, 5.41) is 3.44. The van der Waals surface area contributed by atoms with Gasteiger partial charge in [0.1, 0.15) is 0 Å². The van der Waals surface area contributed by atoms with Gasteiger partial charge in [-0.1, -0.05) is 6.92 Å². The van der Waals surface area contributed by atoms with E-state index in [2.05, 4.69) is 29.1 Å². The van der Waals surface area contributed by atoms with Gasteiger partial charge >= 0.3 is 0 Å². The molecule has 0 amide bonds. The summed E-state index contributed by atoms with van der Waals surface area (Å²) >= 11 is 0. The van der Waals surface area contributed by atoms with E-state index in [0.29, 0.717) is 6.10 Å². The highest BCUT2D eigenvalue weighted by molar-refractivity contribution is 4.75. The second-order valence-electron chi connectivity index (χ2n) is 6.13. The van der Waals surface area contributed by atoms with Crippen molar-refractivity contribution in [3.63, 3.8) is 0 Å². The first-order valence-electron chi connectivity index (χ1n) is 8.01. The van der Waals surface area contributed by atoms with E-state index in [1.165, 1.54) is 38.9 Å². The zero-order valence-electron chi connectivity index (χ0n) is 12.7. The van der Waals surface area contributed by atoms with Crippen molar-refractivity contribution in [3.05, 3.63) is 0 Å². The molecule has 1 unspecified atom stereocenters. The third-order valence-corrected chi connectivity index (χ3v) is 4.56. The van der Waals surface area contributed by atoms with Crippen LogP contribution in [0, 0.1) is 5.92 Å². The Balaban J connectivity index is 1.61. The maximum Gasteiger partial charge on any atom is 0.0829 e. The molecule has 4 heteroatoms. The van der Waals surface area contributed by atoms with Gasteiger partial charge in [0.05, 0.1) is 12.7 Å². The topological polar surface area (TPSA) is 27.7 Å². The molecule has 0 aromatic carbocycles. The van der Waals surface area contributed by atoms with Gasteiger partial charge in [0.15, 0.2) is 0 Å². The van der Waals surface area contributed by atoms with Gasteiger partial charge in [0.2, 0.25) is 0 Å². The molecule has 0 saturated carbocycles. The zero-order valence-corrected chi connectivity index (χ0v) is 12.7. The van der Waals surface area contributed by atoms with E-state index >= 15 is 0 Å². The smallest absolute Gasteiger partial charge is 0.0829 e. The fourth-order valence-electron chi connectivity index (χ4n) is 3.19. The minimum atomic E-state index is 0.409. The molecule has 0 aliphatic carbocycles. The zero-order chi connectivity index (χ0) is 13.5. The first-order chi connectivity index (χ1) is 9.28. The molecular weight excluding hydrogens is 238 g/mol. The maximum atomic E-state index is 5.88. The molecule has 0 bridgehead atoms. The molecule has 0 radical (unpaired) electrons. The lowest BCUT2D eigenvalue weighted by atomic mass is 9.94. The summed E-state index contributed by atoms with van der Waals surface area (Å²) in [6.07, 6.45) is 4.48. The number of hydrogen-bond acceptors (Lipinski definition) is 4. The van der Waals surface area contributed by atoms with Gasteiger partial charge in [-0.05, 0) is 58.4 Å². The standard InChI is InChI=1S/C15H31N3O/c1-3-18-10-11-19-15(13-18)12-17(2)9-6-14-4-7-16-8-5-14/h14-16H,3-13H2,1-2H3. The predicted molar refractivity (Wildman–Crippen MR) is 79.6 cm³/mol. The molecule has 19 heavy (non-hydrogen) atoms. The molecule has 2 rings (SSSR count). The van der Waals surface area contributed by atoms with E-state index in [0.717, 1.165) is 38.7 Å². The summed E-state index contributed by atoms with van der Waals surface area (Å²) in [7, 11) is 2.25. The quantitative estimate of drug-likeness (QED) is 0.779. The summed E-state index contributed by atoms with van der Waals surface area (Å²) in [5.74, 6) is 0.933. The van der Waals surface area contributed by atoms with Crippen LogP contribution in [0.2, 0.25) is 0 Å². The summed E-state index contributed by atoms with van der Waals surface area (Å²) in [6, 6.07) is 0. The van der Waals surface area contributed by atoms with Gasteiger partial charge in [-0.3, -0.25) is 4.90 Å². The van der Waals surface area contributed by atoms with Crippen molar-refractivity contribution >= 4 is 0 Å². The van der Waals surface area contributed by atoms with Crippen LogP contribution >= 0.6 is 0 Å². The largest absolute Gasteiger partial charge is 0.374 e. The van der Waals surface area contributed by atoms with Crippen LogP contribution < -0.4 is 5.32 Å². The first-order valence-corrected chi connectivity index (χ1v) is 8.01. The third kappa shape index (κ3) is 5.38. The van der Waals surface area contributed by atoms with Crippen LogP contribution in [-0.2, 0) is 4.74 Å². The molecule has 2 aliphatic heterocycles. The SMILES string of the molecule is CCN1CCOC(CN(C)CCC2CCNCC2)C1. The minimum Gasteiger partial charge on any atom is -0.374 e. The minimum absolute atomic E-state index is 0.409. The lowest BCUT2D eigenvalue weighted by Gasteiger charge is -2.34. The van der Waals surface area contributed by atoms with Crippen LogP contribution in [-0.4, -0.2) is 75.4 Å². The van der Waals surface area contributed by atoms with E-state index in [9.17, 15) is 0 Å². The third-order valence-electron chi connectivity index (χ3n) is 4.56.